The Morgan fingerprint density at radius 1 is 1.38 bits per heavy atom. The SMILES string of the molecule is CCOC1CC(NC(C)c2cc3cccc(OC)c3o2)C1. The lowest BCUT2D eigenvalue weighted by atomic mass is 9.88. The zero-order valence-corrected chi connectivity index (χ0v) is 12.9. The van der Waals surface area contributed by atoms with Crippen LogP contribution in [0.5, 0.6) is 5.75 Å². The lowest BCUT2D eigenvalue weighted by molar-refractivity contribution is -0.0125. The highest BCUT2D eigenvalue weighted by molar-refractivity contribution is 5.83. The number of methoxy groups -OCH3 is 1. The number of nitrogens with one attached hydrogen (secondary N) is 1. The molecule has 0 aliphatic heterocycles. The number of hydrogen-bond donors (Lipinski definition) is 1. The van der Waals surface area contributed by atoms with Crippen molar-refractivity contribution in [2.24, 2.45) is 0 Å². The Morgan fingerprint density at radius 3 is 2.90 bits per heavy atom. The van der Waals surface area contributed by atoms with Gasteiger partial charge >= 0.3 is 0 Å². The summed E-state index contributed by atoms with van der Waals surface area (Å²) in [7, 11) is 1.67. The summed E-state index contributed by atoms with van der Waals surface area (Å²) >= 11 is 0. The van der Waals surface area contributed by atoms with Crippen molar-refractivity contribution < 1.29 is 13.9 Å². The van der Waals surface area contributed by atoms with Crippen molar-refractivity contribution in [3.8, 4) is 5.75 Å². The average Bonchev–Trinajstić information content (AvgIpc) is 2.88. The number of benzene rings is 1. The lowest BCUT2D eigenvalue weighted by Gasteiger charge is -2.37. The van der Waals surface area contributed by atoms with Gasteiger partial charge in [-0.2, -0.15) is 0 Å². The second-order valence-corrected chi connectivity index (χ2v) is 5.66. The molecule has 2 aromatic rings. The first-order valence-corrected chi connectivity index (χ1v) is 7.65. The summed E-state index contributed by atoms with van der Waals surface area (Å²) in [5.41, 5.74) is 0.824. The lowest BCUT2D eigenvalue weighted by Crippen LogP contribution is -2.46. The third-order valence-corrected chi connectivity index (χ3v) is 4.16. The summed E-state index contributed by atoms with van der Waals surface area (Å²) in [4.78, 5) is 0. The van der Waals surface area contributed by atoms with E-state index in [4.69, 9.17) is 13.9 Å². The van der Waals surface area contributed by atoms with Gasteiger partial charge in [0.05, 0.1) is 19.3 Å². The maximum Gasteiger partial charge on any atom is 0.176 e. The third kappa shape index (κ3) is 2.92. The normalized spacial score (nSPS) is 23.0. The number of rotatable bonds is 6. The van der Waals surface area contributed by atoms with Gasteiger partial charge in [0.2, 0.25) is 0 Å². The van der Waals surface area contributed by atoms with Gasteiger partial charge in [-0.3, -0.25) is 0 Å². The Bertz CT molecular complexity index is 601. The van der Waals surface area contributed by atoms with Gasteiger partial charge in [0.1, 0.15) is 5.76 Å². The molecule has 0 saturated heterocycles. The van der Waals surface area contributed by atoms with Gasteiger partial charge in [0.15, 0.2) is 11.3 Å². The maximum atomic E-state index is 5.98. The molecule has 1 saturated carbocycles. The topological polar surface area (TPSA) is 43.6 Å². The van der Waals surface area contributed by atoms with Crippen LogP contribution in [0.4, 0.5) is 0 Å². The van der Waals surface area contributed by atoms with Crippen LogP contribution in [0.2, 0.25) is 0 Å². The molecule has 1 unspecified atom stereocenters. The molecule has 0 bridgehead atoms. The molecule has 0 radical (unpaired) electrons. The van der Waals surface area contributed by atoms with Crippen LogP contribution < -0.4 is 10.1 Å². The zero-order chi connectivity index (χ0) is 14.8. The molecular formula is C17H23NO3. The molecule has 1 aromatic carbocycles. The molecule has 4 heteroatoms. The number of para-hydroxylation sites is 1. The average molecular weight is 289 g/mol. The molecule has 21 heavy (non-hydrogen) atoms. The predicted molar refractivity (Wildman–Crippen MR) is 82.8 cm³/mol. The minimum absolute atomic E-state index is 0.190. The number of fused-ring (bicyclic) bond motifs is 1. The van der Waals surface area contributed by atoms with Gasteiger partial charge in [0.25, 0.3) is 0 Å². The van der Waals surface area contributed by atoms with E-state index in [9.17, 15) is 0 Å². The molecular weight excluding hydrogens is 266 g/mol. The summed E-state index contributed by atoms with van der Waals surface area (Å²) in [6.45, 7) is 4.99. The molecule has 0 amide bonds. The van der Waals surface area contributed by atoms with Crippen molar-refractivity contribution in [3.05, 3.63) is 30.0 Å². The van der Waals surface area contributed by atoms with E-state index in [0.717, 1.165) is 41.9 Å². The van der Waals surface area contributed by atoms with E-state index in [1.165, 1.54) is 0 Å². The fourth-order valence-electron chi connectivity index (χ4n) is 2.94. The molecule has 114 valence electrons. The predicted octanol–water partition coefficient (Wildman–Crippen LogP) is 3.66. The summed E-state index contributed by atoms with van der Waals surface area (Å²) in [5, 5.41) is 4.69. The highest BCUT2D eigenvalue weighted by Gasteiger charge is 2.31. The molecule has 1 N–H and O–H groups in total. The van der Waals surface area contributed by atoms with Crippen LogP contribution in [-0.4, -0.2) is 25.9 Å². The first-order chi connectivity index (χ1) is 10.2. The van der Waals surface area contributed by atoms with E-state index in [1.807, 2.05) is 25.1 Å². The third-order valence-electron chi connectivity index (χ3n) is 4.16. The fourth-order valence-corrected chi connectivity index (χ4v) is 2.94. The molecule has 4 nitrogen and oxygen atoms in total. The highest BCUT2D eigenvalue weighted by Crippen LogP contribution is 2.32. The van der Waals surface area contributed by atoms with Gasteiger partial charge < -0.3 is 19.2 Å². The molecule has 1 aliphatic carbocycles. The van der Waals surface area contributed by atoms with E-state index in [1.54, 1.807) is 7.11 Å². The monoisotopic (exact) mass is 289 g/mol. The van der Waals surface area contributed by atoms with Crippen molar-refractivity contribution >= 4 is 11.0 Å². The standard InChI is InChI=1S/C17H23NO3/c1-4-20-14-9-13(10-14)18-11(2)16-8-12-6-5-7-15(19-3)17(12)21-16/h5-8,11,13-14,18H,4,9-10H2,1-3H3. The van der Waals surface area contributed by atoms with E-state index >= 15 is 0 Å². The van der Waals surface area contributed by atoms with Crippen molar-refractivity contribution in [2.75, 3.05) is 13.7 Å². The molecule has 3 rings (SSSR count). The Balaban J connectivity index is 1.67. The second-order valence-electron chi connectivity index (χ2n) is 5.66. The van der Waals surface area contributed by atoms with Gasteiger partial charge in [0, 0.05) is 18.0 Å². The zero-order valence-electron chi connectivity index (χ0n) is 12.9. The van der Waals surface area contributed by atoms with E-state index in [2.05, 4.69) is 18.3 Å². The quantitative estimate of drug-likeness (QED) is 0.881. The summed E-state index contributed by atoms with van der Waals surface area (Å²) in [5.74, 6) is 1.74. The smallest absolute Gasteiger partial charge is 0.176 e. The van der Waals surface area contributed by atoms with Crippen molar-refractivity contribution in [2.45, 2.75) is 44.9 Å². The van der Waals surface area contributed by atoms with Crippen LogP contribution in [0.25, 0.3) is 11.0 Å². The molecule has 1 fully saturated rings. The van der Waals surface area contributed by atoms with Crippen LogP contribution in [0.3, 0.4) is 0 Å². The second kappa shape index (κ2) is 6.08. The number of hydrogen-bond acceptors (Lipinski definition) is 4. The Labute approximate surface area is 125 Å². The maximum absolute atomic E-state index is 5.98. The summed E-state index contributed by atoms with van der Waals surface area (Å²) in [6.07, 6.45) is 2.60. The Hall–Kier alpha value is -1.52. The van der Waals surface area contributed by atoms with Crippen molar-refractivity contribution in [3.63, 3.8) is 0 Å². The Morgan fingerprint density at radius 2 is 2.19 bits per heavy atom. The first kappa shape index (κ1) is 14.4. The number of ether oxygens (including phenoxy) is 2. The number of furan rings is 1. The highest BCUT2D eigenvalue weighted by atomic mass is 16.5. The van der Waals surface area contributed by atoms with E-state index in [0.29, 0.717) is 12.1 Å². The minimum atomic E-state index is 0.190. The van der Waals surface area contributed by atoms with Crippen LogP contribution in [0, 0.1) is 0 Å². The van der Waals surface area contributed by atoms with Crippen LogP contribution in [-0.2, 0) is 4.74 Å². The van der Waals surface area contributed by atoms with Crippen molar-refractivity contribution in [1.29, 1.82) is 0 Å². The van der Waals surface area contributed by atoms with Gasteiger partial charge in [-0.15, -0.1) is 0 Å². The van der Waals surface area contributed by atoms with Crippen molar-refractivity contribution in [1.82, 2.24) is 5.32 Å². The Kier molecular flexibility index (Phi) is 4.17. The molecule has 1 aliphatic rings. The minimum Gasteiger partial charge on any atom is -0.493 e. The van der Waals surface area contributed by atoms with E-state index in [-0.39, 0.29) is 6.04 Å². The van der Waals surface area contributed by atoms with Gasteiger partial charge in [-0.1, -0.05) is 12.1 Å². The largest absolute Gasteiger partial charge is 0.493 e. The van der Waals surface area contributed by atoms with E-state index < -0.39 is 0 Å². The summed E-state index contributed by atoms with van der Waals surface area (Å²) < 4.78 is 16.9. The van der Waals surface area contributed by atoms with Gasteiger partial charge in [-0.25, -0.2) is 0 Å². The van der Waals surface area contributed by atoms with Crippen LogP contribution in [0.15, 0.2) is 28.7 Å². The van der Waals surface area contributed by atoms with Crippen LogP contribution >= 0.6 is 0 Å². The first-order valence-electron chi connectivity index (χ1n) is 7.65. The van der Waals surface area contributed by atoms with Gasteiger partial charge in [-0.05, 0) is 38.8 Å². The summed E-state index contributed by atoms with van der Waals surface area (Å²) in [6, 6.07) is 8.75. The van der Waals surface area contributed by atoms with Crippen LogP contribution in [0.1, 0.15) is 38.5 Å². The fraction of sp³-hybridized carbons (Fsp3) is 0.529. The molecule has 1 heterocycles. The molecule has 1 atom stereocenters. The molecule has 1 aromatic heterocycles. The molecule has 0 spiro atoms.